The fourth-order valence-electron chi connectivity index (χ4n) is 8.27. The summed E-state index contributed by atoms with van der Waals surface area (Å²) in [5.74, 6) is 0.489. The van der Waals surface area contributed by atoms with E-state index in [2.05, 4.69) is 19.8 Å². The maximum atomic E-state index is 16.6. The van der Waals surface area contributed by atoms with Crippen LogP contribution in [0, 0.1) is 23.5 Å². The first-order valence-electron chi connectivity index (χ1n) is 15.3. The summed E-state index contributed by atoms with van der Waals surface area (Å²) in [6.07, 6.45) is 8.31. The number of aromatic nitrogens is 3. The van der Waals surface area contributed by atoms with Crippen molar-refractivity contribution in [3.8, 4) is 23.0 Å². The summed E-state index contributed by atoms with van der Waals surface area (Å²) in [7, 11) is 1.75. The standard InChI is InChI=1S/C33H35F2N5O3/c1-42-23-13-33(8-3-9-40(33)17-23)18-43-32-37-30-25(31(38-32)39-15-19-6-7-20(10-19)16-39)14-36-29(28(30)35)24-12-22(41)11-21-4-2-5-26(34)27(21)24/h2,4-5,11-12,14,19-20,23,41H,3,6-10,13,15-18H2,1H3/t19?,20?,23-,33-/m1/s1. The molecule has 4 atom stereocenters. The first-order chi connectivity index (χ1) is 20.9. The fraction of sp³-hybridized carbons (Fsp3) is 0.485. The summed E-state index contributed by atoms with van der Waals surface area (Å²) in [6.45, 7) is 3.97. The quantitative estimate of drug-likeness (QED) is 0.308. The number of piperidine rings is 1. The van der Waals surface area contributed by atoms with Gasteiger partial charge in [-0.2, -0.15) is 9.97 Å². The van der Waals surface area contributed by atoms with E-state index < -0.39 is 11.6 Å². The highest BCUT2D eigenvalue weighted by atomic mass is 19.1. The highest BCUT2D eigenvalue weighted by Crippen LogP contribution is 2.43. The van der Waals surface area contributed by atoms with E-state index in [0.29, 0.717) is 35.0 Å². The number of hydrogen-bond acceptors (Lipinski definition) is 8. The van der Waals surface area contributed by atoms with Gasteiger partial charge in [0.2, 0.25) is 0 Å². The normalized spacial score (nSPS) is 27.0. The Morgan fingerprint density at radius 1 is 1.09 bits per heavy atom. The van der Waals surface area contributed by atoms with Crippen LogP contribution in [0.1, 0.15) is 38.5 Å². The van der Waals surface area contributed by atoms with Gasteiger partial charge in [0, 0.05) is 43.9 Å². The minimum atomic E-state index is -0.692. The number of fused-ring (bicyclic) bond motifs is 5. The summed E-state index contributed by atoms with van der Waals surface area (Å²) < 4.78 is 43.8. The molecule has 5 heterocycles. The minimum Gasteiger partial charge on any atom is -0.508 e. The molecule has 0 spiro atoms. The SMILES string of the molecule is CO[C@H]1CN2CCC[C@]2(COc2nc(N3CC4CCC(C4)C3)c3cnc(-c4cc(O)cc5cccc(F)c45)c(F)c3n2)C1. The van der Waals surface area contributed by atoms with Gasteiger partial charge in [0.05, 0.1) is 17.0 Å². The molecular formula is C33H35F2N5O3. The van der Waals surface area contributed by atoms with Crippen LogP contribution < -0.4 is 9.64 Å². The highest BCUT2D eigenvalue weighted by molar-refractivity contribution is 6.00. The van der Waals surface area contributed by atoms with Crippen LogP contribution in [0.4, 0.5) is 14.6 Å². The molecule has 224 valence electrons. The average Bonchev–Trinajstić information content (AvgIpc) is 3.67. The molecule has 3 aliphatic heterocycles. The van der Waals surface area contributed by atoms with Crippen molar-refractivity contribution in [2.75, 3.05) is 44.8 Å². The molecule has 3 saturated heterocycles. The topological polar surface area (TPSA) is 83.8 Å². The Morgan fingerprint density at radius 3 is 2.74 bits per heavy atom. The van der Waals surface area contributed by atoms with E-state index in [9.17, 15) is 5.11 Å². The van der Waals surface area contributed by atoms with Crippen LogP contribution in [0.25, 0.3) is 32.9 Å². The Balaban J connectivity index is 1.24. The molecule has 1 saturated carbocycles. The van der Waals surface area contributed by atoms with Gasteiger partial charge in [0.1, 0.15) is 35.2 Å². The zero-order valence-electron chi connectivity index (χ0n) is 24.2. The van der Waals surface area contributed by atoms with Gasteiger partial charge < -0.3 is 19.5 Å². The zero-order chi connectivity index (χ0) is 29.3. The van der Waals surface area contributed by atoms with Crippen molar-refractivity contribution >= 4 is 27.5 Å². The van der Waals surface area contributed by atoms with Crippen LogP contribution in [0.5, 0.6) is 11.8 Å². The second-order valence-corrected chi connectivity index (χ2v) is 12.9. The summed E-state index contributed by atoms with van der Waals surface area (Å²) in [6, 6.07) is 7.50. The van der Waals surface area contributed by atoms with Crippen LogP contribution in [0.2, 0.25) is 0 Å². The molecule has 4 aromatic rings. The molecule has 2 bridgehead atoms. The van der Waals surface area contributed by atoms with E-state index in [1.165, 1.54) is 37.5 Å². The van der Waals surface area contributed by atoms with Gasteiger partial charge in [-0.3, -0.25) is 9.88 Å². The number of methoxy groups -OCH3 is 1. The first-order valence-corrected chi connectivity index (χ1v) is 15.3. The van der Waals surface area contributed by atoms with Crippen molar-refractivity contribution in [1.29, 1.82) is 0 Å². The Hall–Kier alpha value is -3.63. The van der Waals surface area contributed by atoms with Crippen LogP contribution >= 0.6 is 0 Å². The monoisotopic (exact) mass is 587 g/mol. The predicted octanol–water partition coefficient (Wildman–Crippen LogP) is 5.70. The number of hydrogen-bond donors (Lipinski definition) is 1. The van der Waals surface area contributed by atoms with Gasteiger partial charge in [-0.05, 0) is 80.5 Å². The summed E-state index contributed by atoms with van der Waals surface area (Å²) in [5, 5.41) is 11.6. The number of anilines is 1. The number of ether oxygens (including phenoxy) is 2. The summed E-state index contributed by atoms with van der Waals surface area (Å²) >= 11 is 0. The summed E-state index contributed by atoms with van der Waals surface area (Å²) in [4.78, 5) is 18.7. The molecule has 4 fully saturated rings. The number of phenols is 1. The third-order valence-electron chi connectivity index (χ3n) is 10.3. The van der Waals surface area contributed by atoms with E-state index in [1.807, 2.05) is 0 Å². The lowest BCUT2D eigenvalue weighted by Gasteiger charge is -2.34. The third kappa shape index (κ3) is 4.49. The largest absolute Gasteiger partial charge is 0.508 e. The van der Waals surface area contributed by atoms with Crippen molar-refractivity contribution in [3.63, 3.8) is 0 Å². The summed E-state index contributed by atoms with van der Waals surface area (Å²) in [5.41, 5.74) is 0.0246. The molecule has 2 aromatic carbocycles. The first kappa shape index (κ1) is 27.0. The van der Waals surface area contributed by atoms with Crippen molar-refractivity contribution in [2.45, 2.75) is 50.2 Å². The van der Waals surface area contributed by atoms with Gasteiger partial charge in [-0.15, -0.1) is 0 Å². The van der Waals surface area contributed by atoms with E-state index in [-0.39, 0.29) is 45.6 Å². The van der Waals surface area contributed by atoms with E-state index in [1.54, 1.807) is 25.4 Å². The second kappa shape index (κ2) is 10.2. The molecule has 0 amide bonds. The molecule has 10 heteroatoms. The molecule has 1 N–H and O–H groups in total. The number of halogens is 2. The fourth-order valence-corrected chi connectivity index (χ4v) is 8.27. The Bertz CT molecular complexity index is 1720. The number of pyridine rings is 1. The smallest absolute Gasteiger partial charge is 0.319 e. The lowest BCUT2D eigenvalue weighted by Crippen LogP contribution is -2.43. The molecule has 8 nitrogen and oxygen atoms in total. The van der Waals surface area contributed by atoms with Gasteiger partial charge in [-0.25, -0.2) is 8.78 Å². The maximum absolute atomic E-state index is 16.6. The van der Waals surface area contributed by atoms with Gasteiger partial charge in [-0.1, -0.05) is 12.1 Å². The lowest BCUT2D eigenvalue weighted by molar-refractivity contribution is 0.0997. The Morgan fingerprint density at radius 2 is 1.93 bits per heavy atom. The number of rotatable bonds is 6. The van der Waals surface area contributed by atoms with E-state index in [4.69, 9.17) is 14.5 Å². The second-order valence-electron chi connectivity index (χ2n) is 12.9. The lowest BCUT2D eigenvalue weighted by atomic mass is 9.94. The van der Waals surface area contributed by atoms with Crippen LogP contribution in [0.3, 0.4) is 0 Å². The molecule has 1 aliphatic carbocycles. The molecule has 2 unspecified atom stereocenters. The minimum absolute atomic E-state index is 0.0768. The van der Waals surface area contributed by atoms with E-state index >= 15 is 8.78 Å². The molecule has 0 radical (unpaired) electrons. The predicted molar refractivity (Wildman–Crippen MR) is 159 cm³/mol. The molecular weight excluding hydrogens is 552 g/mol. The number of aromatic hydroxyl groups is 1. The Kier molecular flexibility index (Phi) is 6.41. The van der Waals surface area contributed by atoms with Crippen LogP contribution in [-0.2, 0) is 4.74 Å². The average molecular weight is 588 g/mol. The Labute approximate surface area is 248 Å². The molecule has 8 rings (SSSR count). The van der Waals surface area contributed by atoms with Gasteiger partial charge in [0.25, 0.3) is 0 Å². The van der Waals surface area contributed by atoms with Crippen LogP contribution in [-0.4, -0.2) is 76.5 Å². The van der Waals surface area contributed by atoms with Gasteiger partial charge >= 0.3 is 6.01 Å². The molecule has 4 aliphatic rings. The highest BCUT2D eigenvalue weighted by Gasteiger charge is 2.49. The number of nitrogens with zero attached hydrogens (tertiary/aromatic N) is 5. The van der Waals surface area contributed by atoms with Crippen molar-refractivity contribution < 1.29 is 23.4 Å². The maximum Gasteiger partial charge on any atom is 0.319 e. The van der Waals surface area contributed by atoms with E-state index in [0.717, 1.165) is 45.4 Å². The van der Waals surface area contributed by atoms with Crippen LogP contribution in [0.15, 0.2) is 36.5 Å². The molecule has 43 heavy (non-hydrogen) atoms. The molecule has 2 aromatic heterocycles. The van der Waals surface area contributed by atoms with Crippen molar-refractivity contribution in [3.05, 3.63) is 48.2 Å². The third-order valence-corrected chi connectivity index (χ3v) is 10.3. The van der Waals surface area contributed by atoms with Gasteiger partial charge in [0.15, 0.2) is 5.82 Å². The van der Waals surface area contributed by atoms with Crippen molar-refractivity contribution in [1.82, 2.24) is 19.9 Å². The zero-order valence-corrected chi connectivity index (χ0v) is 24.2. The number of benzene rings is 2. The van der Waals surface area contributed by atoms with Crippen molar-refractivity contribution in [2.24, 2.45) is 11.8 Å². The number of phenolic OH excluding ortho intramolecular Hbond substituents is 1.